The Morgan fingerprint density at radius 1 is 0.917 bits per heavy atom. The van der Waals surface area contributed by atoms with Crippen LogP contribution in [-0.2, 0) is 29.2 Å². The molecule has 4 aromatic carbocycles. The molecule has 0 aromatic heterocycles. The molecule has 246 valence electrons. The van der Waals surface area contributed by atoms with Gasteiger partial charge >= 0.3 is 0 Å². The number of fused-ring (bicyclic) bond motifs is 9. The third kappa shape index (κ3) is 4.71. The highest BCUT2D eigenvalue weighted by Crippen LogP contribution is 2.58. The van der Waals surface area contributed by atoms with Gasteiger partial charge in [-0.05, 0) is 55.6 Å². The number of hydrogen-bond donors (Lipinski definition) is 1. The molecule has 4 aliphatic heterocycles. The number of phenolic OH excluding ortho intramolecular Hbond substituents is 1. The van der Waals surface area contributed by atoms with Crippen molar-refractivity contribution in [2.45, 2.75) is 51.6 Å². The number of aromatic hydroxyl groups is 1. The van der Waals surface area contributed by atoms with Crippen LogP contribution in [0.5, 0.6) is 28.7 Å². The minimum absolute atomic E-state index is 0.0300. The second kappa shape index (κ2) is 11.9. The average molecular weight is 647 g/mol. The zero-order chi connectivity index (χ0) is 33.1. The predicted octanol–water partition coefficient (Wildman–Crippen LogP) is 6.38. The lowest BCUT2D eigenvalue weighted by Crippen LogP contribution is -2.60. The number of aryl methyl sites for hydroxylation is 1. The van der Waals surface area contributed by atoms with Gasteiger partial charge in [0.25, 0.3) is 0 Å². The van der Waals surface area contributed by atoms with Crippen molar-refractivity contribution >= 4 is 12.0 Å². The van der Waals surface area contributed by atoms with E-state index in [0.29, 0.717) is 59.3 Å². The van der Waals surface area contributed by atoms with Crippen LogP contribution in [0.2, 0.25) is 0 Å². The summed E-state index contributed by atoms with van der Waals surface area (Å²) in [5, 5.41) is 11.7. The Kier molecular flexibility index (Phi) is 7.53. The van der Waals surface area contributed by atoms with Crippen LogP contribution < -0.4 is 18.9 Å². The number of carbonyl (C=O) groups is 1. The number of benzene rings is 4. The molecule has 0 spiro atoms. The second-order valence-corrected chi connectivity index (χ2v) is 12.9. The highest BCUT2D eigenvalue weighted by atomic mass is 16.7. The maximum atomic E-state index is 14.7. The van der Waals surface area contributed by atoms with Gasteiger partial charge in [-0.25, -0.2) is 0 Å². The highest BCUT2D eigenvalue weighted by Gasteiger charge is 2.53. The molecule has 2 bridgehead atoms. The Hall–Kier alpha value is -4.99. The fourth-order valence-electron chi connectivity index (χ4n) is 7.79. The minimum atomic E-state index is -0.570. The number of carbonyl (C=O) groups excluding carboxylic acids is 1. The van der Waals surface area contributed by atoms with Crippen molar-refractivity contribution in [2.24, 2.45) is 0 Å². The van der Waals surface area contributed by atoms with Crippen LogP contribution in [0.25, 0.3) is 6.08 Å². The Bertz CT molecular complexity index is 1940. The van der Waals surface area contributed by atoms with E-state index in [9.17, 15) is 9.90 Å². The van der Waals surface area contributed by atoms with Crippen LogP contribution in [-0.4, -0.2) is 54.4 Å². The van der Waals surface area contributed by atoms with Crippen molar-refractivity contribution in [1.82, 2.24) is 9.80 Å². The molecular weight excluding hydrogens is 608 g/mol. The van der Waals surface area contributed by atoms with Gasteiger partial charge in [0.15, 0.2) is 23.0 Å². The van der Waals surface area contributed by atoms with E-state index < -0.39 is 12.1 Å². The van der Waals surface area contributed by atoms with E-state index in [1.165, 1.54) is 0 Å². The number of nitrogens with zero attached hydrogens (tertiary/aromatic N) is 2. The zero-order valence-corrected chi connectivity index (χ0v) is 27.5. The molecule has 1 fully saturated rings. The summed E-state index contributed by atoms with van der Waals surface area (Å²) in [5.41, 5.74) is 7.65. The molecule has 4 heterocycles. The Labute approximate surface area is 279 Å². The summed E-state index contributed by atoms with van der Waals surface area (Å²) in [4.78, 5) is 18.7. The summed E-state index contributed by atoms with van der Waals surface area (Å²) < 4.78 is 30.9. The first-order valence-corrected chi connectivity index (χ1v) is 16.3. The number of piperazine rings is 1. The normalized spacial score (nSPS) is 20.5. The molecular formula is C39H38N2O7. The maximum absolute atomic E-state index is 14.7. The standard InChI is InChI=1S/C39H38N2O7/c1-22-15-26-16-29-39(43)41-28(33(40(29)3)31(26)37(35(22)44-4)46-19-25-13-9-6-10-14-25)17-27-32(38-36(47-21-48-38)23(2)34(27)42)30(41)20-45-18-24-11-7-5-8-12-24/h5-15,17,29-30,33,42H,16,18-21H2,1-4H3/t29-,30+,33-/m1/s1. The van der Waals surface area contributed by atoms with Gasteiger partial charge in [0.05, 0.1) is 38.4 Å². The summed E-state index contributed by atoms with van der Waals surface area (Å²) in [7, 11) is 3.65. The van der Waals surface area contributed by atoms with Gasteiger partial charge in [-0.2, -0.15) is 0 Å². The molecule has 4 aromatic rings. The average Bonchev–Trinajstić information content (AvgIpc) is 3.59. The summed E-state index contributed by atoms with van der Waals surface area (Å²) in [6.07, 6.45) is 2.45. The maximum Gasteiger partial charge on any atom is 0.245 e. The molecule has 8 rings (SSSR count). The van der Waals surface area contributed by atoms with Gasteiger partial charge in [-0.15, -0.1) is 0 Å². The van der Waals surface area contributed by atoms with Crippen molar-refractivity contribution in [2.75, 3.05) is 27.6 Å². The Balaban J connectivity index is 1.29. The number of methoxy groups -OCH3 is 1. The van der Waals surface area contributed by atoms with E-state index >= 15 is 0 Å². The fraction of sp³-hybridized carbons (Fsp3) is 0.308. The predicted molar refractivity (Wildman–Crippen MR) is 179 cm³/mol. The van der Waals surface area contributed by atoms with E-state index in [-0.39, 0.29) is 31.1 Å². The van der Waals surface area contributed by atoms with Gasteiger partial charge in [-0.1, -0.05) is 66.7 Å². The molecule has 9 nitrogen and oxygen atoms in total. The van der Waals surface area contributed by atoms with E-state index in [2.05, 4.69) is 11.0 Å². The SMILES string of the molecule is COc1c(C)cc2c(c1OCc1ccccc1)[C@H]1C3=Cc4c(O)c(C)c5c(c4[C@H](COCc4ccccc4)N3C(=O)[C@@H](C2)N1C)OCO5. The monoisotopic (exact) mass is 646 g/mol. The molecule has 0 radical (unpaired) electrons. The molecule has 1 saturated heterocycles. The minimum Gasteiger partial charge on any atom is -0.507 e. The van der Waals surface area contributed by atoms with Crippen LogP contribution in [0.3, 0.4) is 0 Å². The van der Waals surface area contributed by atoms with Crippen molar-refractivity contribution in [1.29, 1.82) is 0 Å². The van der Waals surface area contributed by atoms with E-state index in [1.54, 1.807) is 7.11 Å². The molecule has 1 N–H and O–H groups in total. The summed E-state index contributed by atoms with van der Waals surface area (Å²) in [6.45, 7) is 4.79. The van der Waals surface area contributed by atoms with Crippen molar-refractivity contribution in [3.8, 4) is 28.7 Å². The van der Waals surface area contributed by atoms with Gasteiger partial charge in [0.2, 0.25) is 12.7 Å². The van der Waals surface area contributed by atoms with Crippen LogP contribution in [0, 0.1) is 13.8 Å². The van der Waals surface area contributed by atoms with E-state index in [0.717, 1.165) is 33.5 Å². The highest BCUT2D eigenvalue weighted by molar-refractivity contribution is 5.91. The van der Waals surface area contributed by atoms with Crippen molar-refractivity contribution < 1.29 is 33.6 Å². The molecule has 1 amide bonds. The lowest BCUT2D eigenvalue weighted by molar-refractivity contribution is -0.145. The van der Waals surface area contributed by atoms with Gasteiger partial charge in [0.1, 0.15) is 12.4 Å². The zero-order valence-electron chi connectivity index (χ0n) is 27.5. The summed E-state index contributed by atoms with van der Waals surface area (Å²) in [5.74, 6) is 2.45. The first-order valence-electron chi connectivity index (χ1n) is 16.3. The quantitative estimate of drug-likeness (QED) is 0.236. The van der Waals surface area contributed by atoms with Gasteiger partial charge in [0, 0.05) is 28.0 Å². The van der Waals surface area contributed by atoms with Crippen LogP contribution >= 0.6 is 0 Å². The van der Waals surface area contributed by atoms with Crippen LogP contribution in [0.1, 0.15) is 56.6 Å². The molecule has 48 heavy (non-hydrogen) atoms. The first kappa shape index (κ1) is 30.4. The topological polar surface area (TPSA) is 89.9 Å². The molecule has 4 aliphatic rings. The number of hydrogen-bond acceptors (Lipinski definition) is 8. The lowest BCUT2D eigenvalue weighted by atomic mass is 9.78. The van der Waals surface area contributed by atoms with Gasteiger partial charge < -0.3 is 33.7 Å². The third-order valence-corrected chi connectivity index (χ3v) is 10.1. The molecule has 0 aliphatic carbocycles. The summed E-state index contributed by atoms with van der Waals surface area (Å²) >= 11 is 0. The molecule has 0 saturated carbocycles. The third-order valence-electron chi connectivity index (χ3n) is 10.1. The van der Waals surface area contributed by atoms with E-state index in [4.69, 9.17) is 23.7 Å². The molecule has 3 atom stereocenters. The Morgan fingerprint density at radius 3 is 2.31 bits per heavy atom. The number of rotatable bonds is 8. The largest absolute Gasteiger partial charge is 0.507 e. The van der Waals surface area contributed by atoms with Crippen molar-refractivity contribution in [3.05, 3.63) is 117 Å². The van der Waals surface area contributed by atoms with Crippen molar-refractivity contribution in [3.63, 3.8) is 0 Å². The van der Waals surface area contributed by atoms with Crippen LogP contribution in [0.15, 0.2) is 72.4 Å². The van der Waals surface area contributed by atoms with Crippen LogP contribution in [0.4, 0.5) is 0 Å². The number of amides is 1. The number of ether oxygens (including phenoxy) is 5. The van der Waals surface area contributed by atoms with E-state index in [1.807, 2.05) is 92.5 Å². The smallest absolute Gasteiger partial charge is 0.245 e. The molecule has 0 unspecified atom stereocenters. The second-order valence-electron chi connectivity index (χ2n) is 12.9. The van der Waals surface area contributed by atoms with Gasteiger partial charge in [-0.3, -0.25) is 9.69 Å². The fourth-order valence-corrected chi connectivity index (χ4v) is 7.79. The number of phenols is 1. The first-order chi connectivity index (χ1) is 23.4. The number of likely N-dealkylation sites (N-methyl/N-ethyl adjacent to an activating group) is 1. The lowest BCUT2D eigenvalue weighted by Gasteiger charge is -2.53. The Morgan fingerprint density at radius 2 is 1.60 bits per heavy atom. The summed E-state index contributed by atoms with van der Waals surface area (Å²) in [6, 6.07) is 20.8. The molecule has 9 heteroatoms.